The van der Waals surface area contributed by atoms with Crippen LogP contribution in [-0.2, 0) is 16.4 Å². The van der Waals surface area contributed by atoms with Crippen LogP contribution in [0.1, 0.15) is 43.4 Å². The molecule has 9 nitrogen and oxygen atoms in total. The SMILES string of the molecule is NS(=O)(=O)CCCC1CCC(CNc2nonc2C(Cc2ccc(F)c(Br)c2)=NO)C1. The summed E-state index contributed by atoms with van der Waals surface area (Å²) in [5.41, 5.74) is 1.27. The zero-order valence-electron chi connectivity index (χ0n) is 16.8. The predicted octanol–water partition coefficient (Wildman–Crippen LogP) is 3.29. The van der Waals surface area contributed by atoms with Crippen molar-refractivity contribution in [2.45, 2.75) is 38.5 Å². The largest absolute Gasteiger partial charge is 0.411 e. The number of sulfonamides is 1. The predicted molar refractivity (Wildman–Crippen MR) is 117 cm³/mol. The van der Waals surface area contributed by atoms with Gasteiger partial charge in [0.1, 0.15) is 11.5 Å². The van der Waals surface area contributed by atoms with Gasteiger partial charge in [0.15, 0.2) is 11.5 Å². The molecule has 1 heterocycles. The van der Waals surface area contributed by atoms with Crippen molar-refractivity contribution in [3.63, 3.8) is 0 Å². The minimum absolute atomic E-state index is 0.0221. The Bertz CT molecular complexity index is 1030. The van der Waals surface area contributed by atoms with Crippen molar-refractivity contribution >= 4 is 37.5 Å². The molecule has 12 heteroatoms. The van der Waals surface area contributed by atoms with Crippen molar-refractivity contribution in [3.05, 3.63) is 39.7 Å². The van der Waals surface area contributed by atoms with E-state index in [-0.39, 0.29) is 23.7 Å². The van der Waals surface area contributed by atoms with E-state index in [1.807, 2.05) is 0 Å². The van der Waals surface area contributed by atoms with Crippen molar-refractivity contribution in [2.24, 2.45) is 22.1 Å². The van der Waals surface area contributed by atoms with E-state index in [9.17, 15) is 18.0 Å². The lowest BCUT2D eigenvalue weighted by Gasteiger charge is -2.12. The highest BCUT2D eigenvalue weighted by Crippen LogP contribution is 2.34. The van der Waals surface area contributed by atoms with E-state index < -0.39 is 10.0 Å². The van der Waals surface area contributed by atoms with Gasteiger partial charge in [-0.15, -0.1) is 0 Å². The van der Waals surface area contributed by atoms with Crippen molar-refractivity contribution in [1.29, 1.82) is 0 Å². The van der Waals surface area contributed by atoms with Crippen LogP contribution in [0.5, 0.6) is 0 Å². The van der Waals surface area contributed by atoms with Gasteiger partial charge in [0, 0.05) is 13.0 Å². The van der Waals surface area contributed by atoms with Gasteiger partial charge in [-0.05, 0) is 81.5 Å². The average molecular weight is 518 g/mol. The number of anilines is 1. The molecule has 2 atom stereocenters. The third-order valence-corrected chi connectivity index (χ3v) is 6.95. The molecule has 0 radical (unpaired) electrons. The summed E-state index contributed by atoms with van der Waals surface area (Å²) in [7, 11) is -3.40. The molecule has 1 aromatic heterocycles. The summed E-state index contributed by atoms with van der Waals surface area (Å²) in [6.07, 6.45) is 4.70. The fourth-order valence-electron chi connectivity index (χ4n) is 3.94. The summed E-state index contributed by atoms with van der Waals surface area (Å²) >= 11 is 3.14. The highest BCUT2D eigenvalue weighted by molar-refractivity contribution is 9.10. The quantitative estimate of drug-likeness (QED) is 0.249. The van der Waals surface area contributed by atoms with Crippen LogP contribution >= 0.6 is 15.9 Å². The Kier molecular flexibility index (Phi) is 8.00. The molecule has 1 aliphatic rings. The summed E-state index contributed by atoms with van der Waals surface area (Å²) in [6.45, 7) is 0.647. The molecule has 0 saturated heterocycles. The number of aromatic nitrogens is 2. The first-order valence-corrected chi connectivity index (χ1v) is 12.5. The molecule has 1 saturated carbocycles. The van der Waals surface area contributed by atoms with E-state index >= 15 is 0 Å². The molecule has 1 aromatic carbocycles. The number of hydrogen-bond acceptors (Lipinski definition) is 8. The highest BCUT2D eigenvalue weighted by atomic mass is 79.9. The van der Waals surface area contributed by atoms with Crippen LogP contribution in [0.2, 0.25) is 0 Å². The Morgan fingerprint density at radius 1 is 1.35 bits per heavy atom. The van der Waals surface area contributed by atoms with Gasteiger partial charge in [0.05, 0.1) is 10.2 Å². The molecular weight excluding hydrogens is 493 g/mol. The molecule has 170 valence electrons. The van der Waals surface area contributed by atoms with Crippen molar-refractivity contribution in [3.8, 4) is 0 Å². The number of nitrogens with two attached hydrogens (primary N) is 1. The van der Waals surface area contributed by atoms with Crippen LogP contribution in [0.25, 0.3) is 0 Å². The zero-order valence-corrected chi connectivity index (χ0v) is 19.2. The monoisotopic (exact) mass is 517 g/mol. The standard InChI is InChI=1S/C19H25BrFN5O4S/c20-15-9-13(5-6-16(15)21)10-17(24-27)18-19(26-30-25-18)23-11-14-4-3-12(8-14)2-1-7-31(22,28)29/h5-6,9,12,14,27H,1-4,7-8,10-11H2,(H,23,26)(H2,22,28,29). The lowest BCUT2D eigenvalue weighted by Crippen LogP contribution is -2.17. The van der Waals surface area contributed by atoms with E-state index in [1.165, 1.54) is 6.07 Å². The molecule has 0 amide bonds. The van der Waals surface area contributed by atoms with Crippen LogP contribution in [-0.4, -0.2) is 41.9 Å². The van der Waals surface area contributed by atoms with Crippen LogP contribution in [0.4, 0.5) is 10.2 Å². The molecule has 0 bridgehead atoms. The van der Waals surface area contributed by atoms with E-state index in [2.05, 4.69) is 36.7 Å². The summed E-state index contributed by atoms with van der Waals surface area (Å²) < 4.78 is 40.7. The van der Waals surface area contributed by atoms with Gasteiger partial charge in [-0.2, -0.15) is 0 Å². The third-order valence-electron chi connectivity index (χ3n) is 5.49. The Morgan fingerprint density at radius 3 is 2.84 bits per heavy atom. The normalized spacial score (nSPS) is 19.6. The number of rotatable bonds is 10. The first-order valence-electron chi connectivity index (χ1n) is 9.97. The summed E-state index contributed by atoms with van der Waals surface area (Å²) in [5, 5.41) is 28.8. The maximum Gasteiger partial charge on any atom is 0.209 e. The number of hydrogen-bond donors (Lipinski definition) is 3. The van der Waals surface area contributed by atoms with Gasteiger partial charge in [0.2, 0.25) is 10.0 Å². The van der Waals surface area contributed by atoms with Gasteiger partial charge in [-0.1, -0.05) is 17.6 Å². The zero-order chi connectivity index (χ0) is 22.4. The molecule has 2 aromatic rings. The van der Waals surface area contributed by atoms with Crippen molar-refractivity contribution < 1.29 is 22.6 Å². The maximum atomic E-state index is 13.4. The number of primary sulfonamides is 1. The van der Waals surface area contributed by atoms with Gasteiger partial charge in [-0.25, -0.2) is 22.6 Å². The average Bonchev–Trinajstić information content (AvgIpc) is 3.35. The van der Waals surface area contributed by atoms with Crippen LogP contribution < -0.4 is 10.5 Å². The molecule has 1 fully saturated rings. The Hall–Kier alpha value is -2.05. The van der Waals surface area contributed by atoms with Crippen LogP contribution in [0, 0.1) is 17.7 Å². The van der Waals surface area contributed by atoms with Crippen molar-refractivity contribution in [2.75, 3.05) is 17.6 Å². The molecule has 0 aliphatic heterocycles. The van der Waals surface area contributed by atoms with Crippen LogP contribution in [0.3, 0.4) is 0 Å². The molecular formula is C19H25BrFN5O4S. The van der Waals surface area contributed by atoms with Crippen molar-refractivity contribution in [1.82, 2.24) is 10.3 Å². The van der Waals surface area contributed by atoms with Crippen LogP contribution in [0.15, 0.2) is 32.5 Å². The Labute approximate surface area is 188 Å². The van der Waals surface area contributed by atoms with Gasteiger partial charge < -0.3 is 10.5 Å². The number of nitrogens with one attached hydrogen (secondary N) is 1. The van der Waals surface area contributed by atoms with Gasteiger partial charge in [0.25, 0.3) is 0 Å². The summed E-state index contributed by atoms with van der Waals surface area (Å²) in [4.78, 5) is 0. The van der Waals surface area contributed by atoms with Gasteiger partial charge >= 0.3 is 0 Å². The second-order valence-electron chi connectivity index (χ2n) is 7.87. The van der Waals surface area contributed by atoms with E-state index in [4.69, 9.17) is 9.77 Å². The molecule has 31 heavy (non-hydrogen) atoms. The number of nitrogens with zero attached hydrogens (tertiary/aromatic N) is 3. The van der Waals surface area contributed by atoms with E-state index in [0.29, 0.717) is 40.8 Å². The highest BCUT2D eigenvalue weighted by Gasteiger charge is 2.26. The number of oxime groups is 1. The second kappa shape index (κ2) is 10.5. The lowest BCUT2D eigenvalue weighted by atomic mass is 10.0. The van der Waals surface area contributed by atoms with Gasteiger partial charge in [-0.3, -0.25) is 0 Å². The minimum Gasteiger partial charge on any atom is -0.411 e. The fourth-order valence-corrected chi connectivity index (χ4v) is 4.94. The summed E-state index contributed by atoms with van der Waals surface area (Å²) in [6, 6.07) is 4.53. The first kappa shape index (κ1) is 23.6. The molecule has 0 spiro atoms. The molecule has 2 unspecified atom stereocenters. The molecule has 3 rings (SSSR count). The minimum atomic E-state index is -3.40. The fraction of sp³-hybridized carbons (Fsp3) is 0.526. The maximum absolute atomic E-state index is 13.4. The number of halogens is 2. The number of benzene rings is 1. The smallest absolute Gasteiger partial charge is 0.209 e. The van der Waals surface area contributed by atoms with E-state index in [0.717, 1.165) is 31.2 Å². The Balaban J connectivity index is 1.53. The lowest BCUT2D eigenvalue weighted by molar-refractivity contribution is 0.304. The topological polar surface area (TPSA) is 144 Å². The molecule has 1 aliphatic carbocycles. The second-order valence-corrected chi connectivity index (χ2v) is 10.5. The summed E-state index contributed by atoms with van der Waals surface area (Å²) in [5.74, 6) is 0.915. The third kappa shape index (κ3) is 6.97. The molecule has 4 N–H and O–H groups in total. The first-order chi connectivity index (χ1) is 14.7. The Morgan fingerprint density at radius 2 is 2.13 bits per heavy atom. The van der Waals surface area contributed by atoms with E-state index in [1.54, 1.807) is 12.1 Å².